The van der Waals surface area contributed by atoms with Crippen LogP contribution in [0.25, 0.3) is 0 Å². The molecule has 128 valence electrons. The summed E-state index contributed by atoms with van der Waals surface area (Å²) in [6, 6.07) is 11.8. The van der Waals surface area contributed by atoms with Crippen LogP contribution in [0.1, 0.15) is 18.1 Å². The summed E-state index contributed by atoms with van der Waals surface area (Å²) in [5.41, 5.74) is 2.21. The number of hydrazone groups is 1. The van der Waals surface area contributed by atoms with E-state index in [0.717, 1.165) is 11.1 Å². The van der Waals surface area contributed by atoms with E-state index in [-0.39, 0.29) is 4.90 Å². The van der Waals surface area contributed by atoms with Crippen molar-refractivity contribution >= 4 is 15.7 Å². The van der Waals surface area contributed by atoms with Gasteiger partial charge in [-0.2, -0.15) is 18.4 Å². The summed E-state index contributed by atoms with van der Waals surface area (Å²) in [7, 11) is -0.616. The fourth-order valence-electron chi connectivity index (χ4n) is 2.02. The molecule has 0 heterocycles. The third kappa shape index (κ3) is 4.05. The highest BCUT2D eigenvalue weighted by Crippen LogP contribution is 2.27. The number of methoxy groups -OCH3 is 2. The molecule has 2 aromatic rings. The number of aryl methyl sites for hydroxylation is 1. The van der Waals surface area contributed by atoms with Crippen LogP contribution in [0.5, 0.6) is 11.5 Å². The summed E-state index contributed by atoms with van der Waals surface area (Å²) in [5, 5.41) is 3.98. The monoisotopic (exact) mass is 348 g/mol. The number of sulfonamides is 1. The van der Waals surface area contributed by atoms with Crippen molar-refractivity contribution in [3.05, 3.63) is 53.6 Å². The highest BCUT2D eigenvalue weighted by atomic mass is 32.2. The maximum Gasteiger partial charge on any atom is 0.276 e. The fraction of sp³-hybridized carbons (Fsp3) is 0.235. The lowest BCUT2D eigenvalue weighted by molar-refractivity contribution is 0.355. The Balaban J connectivity index is 2.23. The van der Waals surface area contributed by atoms with Crippen molar-refractivity contribution < 1.29 is 17.9 Å². The van der Waals surface area contributed by atoms with Crippen LogP contribution < -0.4 is 14.3 Å². The summed E-state index contributed by atoms with van der Waals surface area (Å²) in [4.78, 5) is 2.41. The van der Waals surface area contributed by atoms with Gasteiger partial charge in [0.1, 0.15) is 0 Å². The van der Waals surface area contributed by atoms with Crippen molar-refractivity contribution in [3.8, 4) is 11.5 Å². The van der Waals surface area contributed by atoms with Crippen molar-refractivity contribution in [1.82, 2.24) is 4.83 Å². The standard InChI is InChI=1S/C17H20N2O4S/c1-12-5-8-15(9-6-12)24(20,21)19-18-13(2)14-7-10-16(22-3)17(11-14)23-4/h5-11,19H,1-4H3/b18-13-. The normalized spacial score (nSPS) is 11.9. The van der Waals surface area contributed by atoms with Crippen LogP contribution in [-0.2, 0) is 10.0 Å². The lowest BCUT2D eigenvalue weighted by atomic mass is 10.1. The Kier molecular flexibility index (Phi) is 5.46. The molecular formula is C17H20N2O4S. The average molecular weight is 348 g/mol. The number of nitrogens with one attached hydrogen (secondary N) is 1. The minimum absolute atomic E-state index is 0.164. The van der Waals surface area contributed by atoms with Gasteiger partial charge in [-0.3, -0.25) is 0 Å². The summed E-state index contributed by atoms with van der Waals surface area (Å²) in [6.07, 6.45) is 0. The molecule has 0 amide bonds. The SMILES string of the molecule is COc1ccc(/C(C)=N\NS(=O)(=O)c2ccc(C)cc2)cc1OC. The molecule has 7 heteroatoms. The maximum absolute atomic E-state index is 12.2. The van der Waals surface area contributed by atoms with E-state index in [1.54, 1.807) is 56.5 Å². The lowest BCUT2D eigenvalue weighted by Crippen LogP contribution is -2.20. The lowest BCUT2D eigenvalue weighted by Gasteiger charge is -2.10. The molecule has 0 aromatic heterocycles. The Morgan fingerprint density at radius 2 is 1.62 bits per heavy atom. The van der Waals surface area contributed by atoms with Gasteiger partial charge in [-0.25, -0.2) is 0 Å². The molecule has 0 spiro atoms. The quantitative estimate of drug-likeness (QED) is 0.643. The summed E-state index contributed by atoms with van der Waals surface area (Å²) in [5.74, 6) is 1.14. The molecule has 0 saturated carbocycles. The zero-order chi connectivity index (χ0) is 17.7. The molecule has 0 atom stereocenters. The topological polar surface area (TPSA) is 77.0 Å². The highest BCUT2D eigenvalue weighted by Gasteiger charge is 2.13. The van der Waals surface area contributed by atoms with E-state index in [2.05, 4.69) is 9.93 Å². The van der Waals surface area contributed by atoms with E-state index in [9.17, 15) is 8.42 Å². The predicted octanol–water partition coefficient (Wildman–Crippen LogP) is 2.71. The molecule has 0 unspecified atom stereocenters. The smallest absolute Gasteiger partial charge is 0.276 e. The minimum atomic E-state index is -3.70. The summed E-state index contributed by atoms with van der Waals surface area (Å²) in [6.45, 7) is 3.60. The van der Waals surface area contributed by atoms with Crippen molar-refractivity contribution in [2.75, 3.05) is 14.2 Å². The van der Waals surface area contributed by atoms with Crippen LogP contribution in [0.15, 0.2) is 52.5 Å². The zero-order valence-electron chi connectivity index (χ0n) is 14.0. The van der Waals surface area contributed by atoms with E-state index >= 15 is 0 Å². The van der Waals surface area contributed by atoms with Gasteiger partial charge in [-0.1, -0.05) is 17.7 Å². The molecule has 0 saturated heterocycles. The van der Waals surface area contributed by atoms with E-state index in [1.165, 1.54) is 7.11 Å². The molecule has 2 aromatic carbocycles. The van der Waals surface area contributed by atoms with Crippen LogP contribution in [0.3, 0.4) is 0 Å². The third-order valence-corrected chi connectivity index (χ3v) is 4.69. The third-order valence-electron chi connectivity index (χ3n) is 3.47. The largest absolute Gasteiger partial charge is 0.493 e. The van der Waals surface area contributed by atoms with Crippen molar-refractivity contribution in [3.63, 3.8) is 0 Å². The second-order valence-corrected chi connectivity index (χ2v) is 6.84. The zero-order valence-corrected chi connectivity index (χ0v) is 14.8. The molecule has 0 bridgehead atoms. The average Bonchev–Trinajstić information content (AvgIpc) is 2.59. The van der Waals surface area contributed by atoms with E-state index < -0.39 is 10.0 Å². The van der Waals surface area contributed by atoms with Gasteiger partial charge in [0, 0.05) is 5.56 Å². The number of rotatable bonds is 6. The molecule has 6 nitrogen and oxygen atoms in total. The molecule has 1 N–H and O–H groups in total. The van der Waals surface area contributed by atoms with Crippen molar-refractivity contribution in [2.45, 2.75) is 18.7 Å². The molecule has 0 aliphatic rings. The molecule has 0 aliphatic heterocycles. The van der Waals surface area contributed by atoms with E-state index in [4.69, 9.17) is 9.47 Å². The van der Waals surface area contributed by atoms with Crippen LogP contribution in [0, 0.1) is 6.92 Å². The van der Waals surface area contributed by atoms with Crippen molar-refractivity contribution in [2.24, 2.45) is 5.10 Å². The Morgan fingerprint density at radius 3 is 2.21 bits per heavy atom. The van der Waals surface area contributed by atoms with E-state index in [1.807, 2.05) is 6.92 Å². The van der Waals surface area contributed by atoms with Crippen molar-refractivity contribution in [1.29, 1.82) is 0 Å². The fourth-order valence-corrected chi connectivity index (χ4v) is 2.88. The number of hydrogen-bond acceptors (Lipinski definition) is 5. The highest BCUT2D eigenvalue weighted by molar-refractivity contribution is 7.89. The van der Waals surface area contributed by atoms with Gasteiger partial charge in [0.15, 0.2) is 11.5 Å². The summed E-state index contributed by atoms with van der Waals surface area (Å²) >= 11 is 0. The maximum atomic E-state index is 12.2. The number of nitrogens with zero attached hydrogens (tertiary/aromatic N) is 1. The van der Waals surface area contributed by atoms with Gasteiger partial charge < -0.3 is 9.47 Å². The van der Waals surface area contributed by atoms with Crippen LogP contribution in [-0.4, -0.2) is 28.3 Å². The first-order chi connectivity index (χ1) is 11.4. The molecule has 0 radical (unpaired) electrons. The molecule has 2 rings (SSSR count). The van der Waals surface area contributed by atoms with Gasteiger partial charge in [-0.05, 0) is 44.2 Å². The molecule has 0 aliphatic carbocycles. The van der Waals surface area contributed by atoms with Crippen LogP contribution in [0.4, 0.5) is 0 Å². The molecule has 0 fully saturated rings. The van der Waals surface area contributed by atoms with Crippen LogP contribution >= 0.6 is 0 Å². The van der Waals surface area contributed by atoms with Gasteiger partial charge in [0.05, 0.1) is 24.8 Å². The van der Waals surface area contributed by atoms with Gasteiger partial charge in [0.2, 0.25) is 0 Å². The summed E-state index contributed by atoms with van der Waals surface area (Å²) < 4.78 is 34.9. The van der Waals surface area contributed by atoms with Gasteiger partial charge >= 0.3 is 0 Å². The van der Waals surface area contributed by atoms with Gasteiger partial charge in [0.25, 0.3) is 10.0 Å². The Labute approximate surface area is 142 Å². The second kappa shape index (κ2) is 7.35. The first kappa shape index (κ1) is 17.8. The molecule has 24 heavy (non-hydrogen) atoms. The van der Waals surface area contributed by atoms with Gasteiger partial charge in [-0.15, -0.1) is 0 Å². The Hall–Kier alpha value is -2.54. The number of ether oxygens (including phenoxy) is 2. The number of benzene rings is 2. The Bertz CT molecular complexity index is 843. The minimum Gasteiger partial charge on any atom is -0.493 e. The second-order valence-electron chi connectivity index (χ2n) is 5.17. The number of hydrogen-bond donors (Lipinski definition) is 1. The van der Waals surface area contributed by atoms with E-state index in [0.29, 0.717) is 17.2 Å². The molecular weight excluding hydrogens is 328 g/mol. The first-order valence-electron chi connectivity index (χ1n) is 7.22. The first-order valence-corrected chi connectivity index (χ1v) is 8.71. The predicted molar refractivity (Wildman–Crippen MR) is 93.3 cm³/mol. The van der Waals surface area contributed by atoms with Crippen LogP contribution in [0.2, 0.25) is 0 Å². The Morgan fingerprint density at radius 1 is 1.00 bits per heavy atom.